The van der Waals surface area contributed by atoms with Crippen molar-refractivity contribution in [3.8, 4) is 22.1 Å². The highest BCUT2D eigenvalue weighted by molar-refractivity contribution is 7.18. The van der Waals surface area contributed by atoms with Crippen LogP contribution in [0, 0.1) is 0 Å². The summed E-state index contributed by atoms with van der Waals surface area (Å²) in [5.41, 5.74) is 2.35. The third-order valence-electron chi connectivity index (χ3n) is 4.58. The van der Waals surface area contributed by atoms with Crippen molar-refractivity contribution in [1.29, 1.82) is 0 Å². The van der Waals surface area contributed by atoms with Crippen molar-refractivity contribution in [3.05, 3.63) is 54.5 Å². The molecule has 0 atom stereocenters. The normalized spacial score (nSPS) is 11.2. The fourth-order valence-corrected chi connectivity index (χ4v) is 3.87. The van der Waals surface area contributed by atoms with Gasteiger partial charge in [-0.3, -0.25) is 0 Å². The lowest BCUT2D eigenvalue weighted by molar-refractivity contribution is 0.436. The van der Waals surface area contributed by atoms with Gasteiger partial charge < -0.3 is 19.5 Å². The molecule has 0 aliphatic rings. The Morgan fingerprint density at radius 1 is 1.11 bits per heavy atom. The number of hydrogen-bond acceptors (Lipinski definition) is 7. The fraction of sp³-hybridized carbons (Fsp3) is 0.250. The van der Waals surface area contributed by atoms with E-state index in [1.54, 1.807) is 24.4 Å². The Labute approximate surface area is 166 Å². The van der Waals surface area contributed by atoms with E-state index in [1.165, 1.54) is 11.3 Å². The number of rotatable bonds is 7. The molecule has 0 saturated carbocycles. The van der Waals surface area contributed by atoms with E-state index in [9.17, 15) is 10.2 Å². The molecular formula is C20H21N5O2S. The minimum absolute atomic E-state index is 0.0804. The number of aromatic nitrogens is 4. The number of phenols is 2. The molecule has 7 nitrogen and oxygen atoms in total. The number of benzene rings is 1. The Hall–Kier alpha value is -3.13. The van der Waals surface area contributed by atoms with Crippen molar-refractivity contribution < 1.29 is 10.2 Å². The molecule has 0 unspecified atom stereocenters. The maximum Gasteiger partial charge on any atom is 0.208 e. The summed E-state index contributed by atoms with van der Waals surface area (Å²) in [5.74, 6) is 0.161. The minimum atomic E-state index is 0.0804. The molecule has 8 heteroatoms. The average Bonchev–Trinajstić information content (AvgIpc) is 3.36. The molecule has 4 aromatic rings. The van der Waals surface area contributed by atoms with Gasteiger partial charge in [0.15, 0.2) is 5.01 Å². The van der Waals surface area contributed by atoms with Crippen LogP contribution in [0.2, 0.25) is 0 Å². The van der Waals surface area contributed by atoms with Crippen LogP contribution in [0.25, 0.3) is 16.2 Å². The first-order chi connectivity index (χ1) is 13.7. The molecule has 0 fully saturated rings. The van der Waals surface area contributed by atoms with E-state index in [1.807, 2.05) is 28.9 Å². The Bertz CT molecular complexity index is 1070. The number of unbranched alkanes of at least 4 members (excludes halogenated alkanes) is 1. The van der Waals surface area contributed by atoms with Crippen molar-refractivity contribution in [2.75, 3.05) is 11.4 Å². The third-order valence-corrected chi connectivity index (χ3v) is 5.61. The van der Waals surface area contributed by atoms with Crippen LogP contribution in [0.1, 0.15) is 25.3 Å². The zero-order chi connectivity index (χ0) is 19.5. The van der Waals surface area contributed by atoms with Gasteiger partial charge in [0.25, 0.3) is 0 Å². The van der Waals surface area contributed by atoms with Crippen LogP contribution in [0.5, 0.6) is 11.5 Å². The number of fused-ring (bicyclic) bond motifs is 1. The van der Waals surface area contributed by atoms with Gasteiger partial charge in [0.2, 0.25) is 5.13 Å². The van der Waals surface area contributed by atoms with Crippen LogP contribution >= 0.6 is 11.3 Å². The first-order valence-corrected chi connectivity index (χ1v) is 9.98. The number of pyridine rings is 1. The van der Waals surface area contributed by atoms with Gasteiger partial charge in [-0.15, -0.1) is 10.2 Å². The molecule has 0 aliphatic carbocycles. The molecule has 0 spiro atoms. The summed E-state index contributed by atoms with van der Waals surface area (Å²) in [6, 6.07) is 8.72. The Morgan fingerprint density at radius 2 is 1.93 bits per heavy atom. The molecular weight excluding hydrogens is 374 g/mol. The highest BCUT2D eigenvalue weighted by Crippen LogP contribution is 2.33. The molecule has 28 heavy (non-hydrogen) atoms. The van der Waals surface area contributed by atoms with Gasteiger partial charge in [0, 0.05) is 30.7 Å². The average molecular weight is 395 g/mol. The summed E-state index contributed by atoms with van der Waals surface area (Å²) >= 11 is 1.49. The van der Waals surface area contributed by atoms with E-state index in [0.717, 1.165) is 40.7 Å². The van der Waals surface area contributed by atoms with E-state index in [2.05, 4.69) is 27.0 Å². The lowest BCUT2D eigenvalue weighted by Crippen LogP contribution is -2.23. The number of nitrogens with zero attached hydrogens (tertiary/aromatic N) is 5. The molecule has 0 saturated heterocycles. The van der Waals surface area contributed by atoms with Gasteiger partial charge >= 0.3 is 0 Å². The summed E-state index contributed by atoms with van der Waals surface area (Å²) in [5, 5.41) is 30.6. The van der Waals surface area contributed by atoms with Crippen LogP contribution in [0.3, 0.4) is 0 Å². The van der Waals surface area contributed by atoms with Gasteiger partial charge in [-0.05, 0) is 30.7 Å². The monoisotopic (exact) mass is 395 g/mol. The maximum atomic E-state index is 10.1. The Morgan fingerprint density at radius 3 is 2.71 bits per heavy atom. The van der Waals surface area contributed by atoms with Gasteiger partial charge in [-0.25, -0.2) is 4.98 Å². The fourth-order valence-electron chi connectivity index (χ4n) is 3.01. The highest BCUT2D eigenvalue weighted by atomic mass is 32.1. The third kappa shape index (κ3) is 3.63. The lowest BCUT2D eigenvalue weighted by atomic mass is 10.1. The first kappa shape index (κ1) is 18.2. The molecule has 0 radical (unpaired) electrons. The van der Waals surface area contributed by atoms with E-state index in [0.29, 0.717) is 12.1 Å². The van der Waals surface area contributed by atoms with Crippen LogP contribution in [0.15, 0.2) is 48.9 Å². The summed E-state index contributed by atoms with van der Waals surface area (Å²) in [4.78, 5) is 6.31. The molecule has 3 aromatic heterocycles. The lowest BCUT2D eigenvalue weighted by Gasteiger charge is -2.22. The zero-order valence-corrected chi connectivity index (χ0v) is 16.3. The second-order valence-corrected chi connectivity index (χ2v) is 7.51. The Balaban J connectivity index is 1.63. The van der Waals surface area contributed by atoms with Gasteiger partial charge in [-0.2, -0.15) is 0 Å². The first-order valence-electron chi connectivity index (χ1n) is 9.17. The highest BCUT2D eigenvalue weighted by Gasteiger charge is 2.18. The summed E-state index contributed by atoms with van der Waals surface area (Å²) in [7, 11) is 0. The largest absolute Gasteiger partial charge is 0.507 e. The number of aromatic hydroxyl groups is 2. The van der Waals surface area contributed by atoms with Crippen LogP contribution in [-0.2, 0) is 6.54 Å². The molecule has 3 heterocycles. The van der Waals surface area contributed by atoms with E-state index in [-0.39, 0.29) is 11.5 Å². The van der Waals surface area contributed by atoms with Gasteiger partial charge in [-0.1, -0.05) is 30.7 Å². The quantitative estimate of drug-likeness (QED) is 0.490. The smallest absolute Gasteiger partial charge is 0.208 e. The molecule has 0 aliphatic heterocycles. The molecule has 2 N–H and O–H groups in total. The van der Waals surface area contributed by atoms with Crippen molar-refractivity contribution >= 4 is 22.1 Å². The van der Waals surface area contributed by atoms with Crippen molar-refractivity contribution in [2.45, 2.75) is 26.3 Å². The SMILES string of the molecule is CCCCN(Cc1c(O)cccc1O)c1nnc(-c2ccc3nccn3c2)s1. The van der Waals surface area contributed by atoms with E-state index >= 15 is 0 Å². The maximum absolute atomic E-state index is 10.1. The van der Waals surface area contributed by atoms with E-state index in [4.69, 9.17) is 0 Å². The van der Waals surface area contributed by atoms with Crippen LogP contribution in [-0.4, -0.2) is 36.3 Å². The number of hydrogen-bond donors (Lipinski definition) is 2. The molecule has 0 amide bonds. The summed E-state index contributed by atoms with van der Waals surface area (Å²) in [6.07, 6.45) is 7.65. The second kappa shape index (κ2) is 7.85. The topological polar surface area (TPSA) is 86.8 Å². The number of anilines is 1. The van der Waals surface area contributed by atoms with Crippen molar-refractivity contribution in [1.82, 2.24) is 19.6 Å². The van der Waals surface area contributed by atoms with Crippen LogP contribution in [0.4, 0.5) is 5.13 Å². The Kier molecular flexibility index (Phi) is 5.12. The van der Waals surface area contributed by atoms with Gasteiger partial charge in [0.1, 0.15) is 17.1 Å². The predicted octanol–water partition coefficient (Wildman–Crippen LogP) is 4.07. The standard InChI is InChI=1S/C20H21N5O2S/c1-2-3-10-25(13-15-16(26)5-4-6-17(15)27)20-23-22-19(28-20)14-7-8-18-21-9-11-24(18)12-14/h4-9,11-12,26-27H,2-3,10,13H2,1H3. The van der Waals surface area contributed by atoms with Crippen molar-refractivity contribution in [2.24, 2.45) is 0 Å². The van der Waals surface area contributed by atoms with Gasteiger partial charge in [0.05, 0.1) is 12.1 Å². The zero-order valence-electron chi connectivity index (χ0n) is 15.5. The minimum Gasteiger partial charge on any atom is -0.507 e. The van der Waals surface area contributed by atoms with Crippen LogP contribution < -0.4 is 4.90 Å². The predicted molar refractivity (Wildman–Crippen MR) is 110 cm³/mol. The molecule has 4 rings (SSSR count). The molecule has 144 valence electrons. The molecule has 0 bridgehead atoms. The number of phenolic OH excluding ortho intramolecular Hbond substituents is 2. The van der Waals surface area contributed by atoms with E-state index < -0.39 is 0 Å². The summed E-state index contributed by atoms with van der Waals surface area (Å²) < 4.78 is 1.95. The number of imidazole rings is 1. The second-order valence-electron chi connectivity index (χ2n) is 6.55. The summed E-state index contributed by atoms with van der Waals surface area (Å²) in [6.45, 7) is 3.26. The molecule has 1 aromatic carbocycles. The van der Waals surface area contributed by atoms with Crippen molar-refractivity contribution in [3.63, 3.8) is 0 Å².